The molecule has 0 radical (unpaired) electrons. The second kappa shape index (κ2) is 5.78. The molecule has 3 rings (SSSR count). The molecule has 1 saturated carbocycles. The number of para-hydroxylation sites is 1. The maximum Gasteiger partial charge on any atom is 0.229 e. The quantitative estimate of drug-likeness (QED) is 0.930. The summed E-state index contributed by atoms with van der Waals surface area (Å²) in [5, 5.41) is 0. The fourth-order valence-electron chi connectivity index (χ4n) is 3.45. The van der Waals surface area contributed by atoms with Gasteiger partial charge in [0.15, 0.2) is 0 Å². The summed E-state index contributed by atoms with van der Waals surface area (Å²) in [4.78, 5) is 14.7. The van der Waals surface area contributed by atoms with E-state index in [0.29, 0.717) is 6.42 Å². The molecule has 0 aromatic heterocycles. The number of hydrogen-bond acceptors (Lipinski definition) is 3. The Morgan fingerprint density at radius 2 is 2.14 bits per heavy atom. The zero-order chi connectivity index (χ0) is 14.9. The molecule has 1 fully saturated rings. The van der Waals surface area contributed by atoms with E-state index in [-0.39, 0.29) is 17.6 Å². The van der Waals surface area contributed by atoms with Crippen LogP contribution in [0.2, 0.25) is 0 Å². The van der Waals surface area contributed by atoms with E-state index in [1.54, 1.807) is 7.11 Å². The number of carbonyl (C=O) groups excluding carboxylic acids is 1. The molecular weight excluding hydrogens is 264 g/mol. The normalized spacial score (nSPS) is 23.9. The second-order valence-corrected chi connectivity index (χ2v) is 6.27. The molecule has 1 heterocycles. The van der Waals surface area contributed by atoms with Gasteiger partial charge in [-0.3, -0.25) is 4.79 Å². The van der Waals surface area contributed by atoms with Gasteiger partial charge >= 0.3 is 0 Å². The molecule has 0 saturated heterocycles. The van der Waals surface area contributed by atoms with E-state index in [0.717, 1.165) is 49.9 Å². The third kappa shape index (κ3) is 2.70. The van der Waals surface area contributed by atoms with Gasteiger partial charge < -0.3 is 15.4 Å². The molecule has 1 aromatic carbocycles. The van der Waals surface area contributed by atoms with Crippen LogP contribution in [0, 0.1) is 0 Å². The largest absolute Gasteiger partial charge is 0.378 e. The van der Waals surface area contributed by atoms with Crippen molar-refractivity contribution < 1.29 is 9.53 Å². The molecule has 2 aliphatic rings. The van der Waals surface area contributed by atoms with Crippen molar-refractivity contribution in [1.29, 1.82) is 0 Å². The summed E-state index contributed by atoms with van der Waals surface area (Å²) >= 11 is 0. The number of nitrogens with two attached hydrogens (primary N) is 1. The van der Waals surface area contributed by atoms with Gasteiger partial charge in [0.05, 0.1) is 12.0 Å². The molecule has 114 valence electrons. The summed E-state index contributed by atoms with van der Waals surface area (Å²) in [6.45, 7) is 0.753. The van der Waals surface area contributed by atoms with Crippen molar-refractivity contribution in [3.05, 3.63) is 29.8 Å². The highest BCUT2D eigenvalue weighted by Gasteiger charge is 2.40. The topological polar surface area (TPSA) is 55.6 Å². The molecule has 4 heteroatoms. The van der Waals surface area contributed by atoms with Crippen molar-refractivity contribution in [3.63, 3.8) is 0 Å². The van der Waals surface area contributed by atoms with Crippen LogP contribution in [-0.4, -0.2) is 25.2 Å². The van der Waals surface area contributed by atoms with Gasteiger partial charge in [-0.1, -0.05) is 18.2 Å². The van der Waals surface area contributed by atoms with Crippen LogP contribution in [0.15, 0.2) is 24.3 Å². The number of ether oxygens (including phenoxy) is 1. The summed E-state index contributed by atoms with van der Waals surface area (Å²) in [5.41, 5.74) is 8.09. The smallest absolute Gasteiger partial charge is 0.229 e. The van der Waals surface area contributed by atoms with E-state index < -0.39 is 0 Å². The monoisotopic (exact) mass is 288 g/mol. The average Bonchev–Trinajstić information content (AvgIpc) is 2.63. The minimum absolute atomic E-state index is 0.0269. The van der Waals surface area contributed by atoms with E-state index in [1.165, 1.54) is 0 Å². The Bertz CT molecular complexity index is 520. The van der Waals surface area contributed by atoms with Gasteiger partial charge in [0.1, 0.15) is 0 Å². The lowest BCUT2D eigenvalue weighted by molar-refractivity contribution is -0.131. The van der Waals surface area contributed by atoms with Crippen LogP contribution in [0.25, 0.3) is 0 Å². The van der Waals surface area contributed by atoms with Gasteiger partial charge in [-0.25, -0.2) is 0 Å². The molecule has 2 N–H and O–H groups in total. The van der Waals surface area contributed by atoms with Gasteiger partial charge in [-0.15, -0.1) is 0 Å². The molecule has 1 aliphatic heterocycles. The zero-order valence-corrected chi connectivity index (χ0v) is 12.7. The van der Waals surface area contributed by atoms with Crippen LogP contribution in [0.4, 0.5) is 5.69 Å². The second-order valence-electron chi connectivity index (χ2n) is 6.27. The van der Waals surface area contributed by atoms with E-state index in [4.69, 9.17) is 10.5 Å². The number of nitrogens with zero attached hydrogens (tertiary/aromatic N) is 1. The highest BCUT2D eigenvalue weighted by atomic mass is 16.5. The molecule has 1 aliphatic carbocycles. The Morgan fingerprint density at radius 1 is 1.38 bits per heavy atom. The Hall–Kier alpha value is -1.39. The standard InChI is InChI=1S/C17H24N2O2/c1-21-17(9-5-10-17)12-16(20)19-11-4-7-14(18)13-6-2-3-8-15(13)19/h2-3,6,8,14H,4-5,7,9-12,18H2,1H3. The first-order valence-electron chi connectivity index (χ1n) is 7.85. The lowest BCUT2D eigenvalue weighted by atomic mass is 9.77. The highest BCUT2D eigenvalue weighted by Crippen LogP contribution is 2.39. The first-order valence-corrected chi connectivity index (χ1v) is 7.85. The van der Waals surface area contributed by atoms with Crippen LogP contribution in [0.1, 0.15) is 50.1 Å². The zero-order valence-electron chi connectivity index (χ0n) is 12.7. The van der Waals surface area contributed by atoms with Crippen molar-refractivity contribution in [1.82, 2.24) is 0 Å². The van der Waals surface area contributed by atoms with Crippen LogP contribution in [-0.2, 0) is 9.53 Å². The summed E-state index contributed by atoms with van der Waals surface area (Å²) in [6, 6.07) is 8.06. The lowest BCUT2D eigenvalue weighted by Crippen LogP contribution is -2.45. The van der Waals surface area contributed by atoms with Gasteiger partial charge in [-0.05, 0) is 43.7 Å². The van der Waals surface area contributed by atoms with E-state index in [2.05, 4.69) is 0 Å². The van der Waals surface area contributed by atoms with Crippen molar-refractivity contribution in [3.8, 4) is 0 Å². The molecule has 21 heavy (non-hydrogen) atoms. The third-order valence-electron chi connectivity index (χ3n) is 5.00. The third-order valence-corrected chi connectivity index (χ3v) is 5.00. The molecule has 4 nitrogen and oxygen atoms in total. The van der Waals surface area contributed by atoms with Crippen molar-refractivity contribution in [2.75, 3.05) is 18.6 Å². The number of amides is 1. The number of rotatable bonds is 3. The Balaban J connectivity index is 1.84. The van der Waals surface area contributed by atoms with Crippen molar-refractivity contribution in [2.24, 2.45) is 5.73 Å². The minimum atomic E-state index is -0.222. The van der Waals surface area contributed by atoms with E-state index in [9.17, 15) is 4.79 Å². The van der Waals surface area contributed by atoms with E-state index in [1.807, 2.05) is 29.2 Å². The lowest BCUT2D eigenvalue weighted by Gasteiger charge is -2.41. The van der Waals surface area contributed by atoms with Crippen LogP contribution < -0.4 is 10.6 Å². The van der Waals surface area contributed by atoms with Crippen LogP contribution >= 0.6 is 0 Å². The Kier molecular flexibility index (Phi) is 4.00. The summed E-state index contributed by atoms with van der Waals surface area (Å²) in [7, 11) is 1.72. The Labute approximate surface area is 126 Å². The van der Waals surface area contributed by atoms with Crippen LogP contribution in [0.5, 0.6) is 0 Å². The molecule has 1 atom stereocenters. The number of methoxy groups -OCH3 is 1. The maximum absolute atomic E-state index is 12.8. The van der Waals surface area contributed by atoms with Gasteiger partial charge in [0, 0.05) is 25.4 Å². The first-order chi connectivity index (χ1) is 10.2. The fourth-order valence-corrected chi connectivity index (χ4v) is 3.45. The number of carbonyl (C=O) groups is 1. The minimum Gasteiger partial charge on any atom is -0.378 e. The Morgan fingerprint density at radius 3 is 2.81 bits per heavy atom. The molecule has 1 amide bonds. The molecule has 0 spiro atoms. The molecule has 0 bridgehead atoms. The van der Waals surface area contributed by atoms with Gasteiger partial charge in [0.25, 0.3) is 0 Å². The fraction of sp³-hybridized carbons (Fsp3) is 0.588. The van der Waals surface area contributed by atoms with Crippen LogP contribution in [0.3, 0.4) is 0 Å². The maximum atomic E-state index is 12.8. The number of anilines is 1. The molecular formula is C17H24N2O2. The number of hydrogen-bond donors (Lipinski definition) is 1. The van der Waals surface area contributed by atoms with Crippen molar-refractivity contribution >= 4 is 11.6 Å². The van der Waals surface area contributed by atoms with E-state index >= 15 is 0 Å². The number of fused-ring (bicyclic) bond motifs is 1. The molecule has 1 aromatic rings. The predicted octanol–water partition coefficient (Wildman–Crippen LogP) is 2.77. The van der Waals surface area contributed by atoms with Gasteiger partial charge in [0.2, 0.25) is 5.91 Å². The first kappa shape index (κ1) is 14.5. The summed E-state index contributed by atoms with van der Waals surface area (Å²) in [6.07, 6.45) is 5.49. The average molecular weight is 288 g/mol. The van der Waals surface area contributed by atoms with Gasteiger partial charge in [-0.2, -0.15) is 0 Å². The summed E-state index contributed by atoms with van der Waals surface area (Å²) in [5.74, 6) is 0.165. The molecule has 1 unspecified atom stereocenters. The number of benzene rings is 1. The van der Waals surface area contributed by atoms with Crippen molar-refractivity contribution in [2.45, 2.75) is 50.2 Å². The summed E-state index contributed by atoms with van der Waals surface area (Å²) < 4.78 is 5.60. The SMILES string of the molecule is COC1(CC(=O)N2CCCC(N)c3ccccc32)CCC1. The predicted molar refractivity (Wildman–Crippen MR) is 83.2 cm³/mol. The highest BCUT2D eigenvalue weighted by molar-refractivity contribution is 5.95.